The number of carbonyl (C=O) groups is 1. The summed E-state index contributed by atoms with van der Waals surface area (Å²) in [6, 6.07) is 2.25. The van der Waals surface area contributed by atoms with Crippen LogP contribution in [0.15, 0.2) is 12.1 Å². The van der Waals surface area contributed by atoms with Gasteiger partial charge in [0, 0.05) is 0 Å². The third-order valence-corrected chi connectivity index (χ3v) is 1.56. The molecule has 0 aromatic heterocycles. The van der Waals surface area contributed by atoms with Crippen molar-refractivity contribution in [2.45, 2.75) is 0 Å². The van der Waals surface area contributed by atoms with Crippen LogP contribution in [-0.4, -0.2) is 5.78 Å². The Balaban J connectivity index is 2.81. The Morgan fingerprint density at radius 2 is 1.90 bits per heavy atom. The first-order chi connectivity index (χ1) is 4.72. The number of ketones is 1. The molecule has 0 N–H and O–H groups in total. The summed E-state index contributed by atoms with van der Waals surface area (Å²) in [7, 11) is 0. The van der Waals surface area contributed by atoms with Crippen LogP contribution < -0.4 is 0 Å². The fourth-order valence-electron chi connectivity index (χ4n) is 1.01. The van der Waals surface area contributed by atoms with Crippen LogP contribution in [0.3, 0.4) is 0 Å². The smallest absolute Gasteiger partial charge is 0.201 e. The van der Waals surface area contributed by atoms with Gasteiger partial charge in [0.1, 0.15) is 11.6 Å². The molecule has 0 saturated heterocycles. The minimum atomic E-state index is -0.766. The second-order valence-electron chi connectivity index (χ2n) is 2.11. The Kier molecular flexibility index (Phi) is 0.787. The summed E-state index contributed by atoms with van der Waals surface area (Å²) >= 11 is 0. The number of hydrogen-bond acceptors (Lipinski definition) is 1. The van der Waals surface area contributed by atoms with Crippen molar-refractivity contribution in [3.8, 4) is 0 Å². The second kappa shape index (κ2) is 1.42. The van der Waals surface area contributed by atoms with Crippen molar-refractivity contribution in [2.24, 2.45) is 0 Å². The minimum absolute atomic E-state index is 0.00333. The molecule has 1 aromatic carbocycles. The molecule has 0 radical (unpaired) electrons. The Bertz CT molecular complexity index is 324. The Morgan fingerprint density at radius 1 is 1.20 bits per heavy atom. The fraction of sp³-hybridized carbons (Fsp3) is 0. The quantitative estimate of drug-likeness (QED) is 0.542. The molecule has 0 spiro atoms. The molecule has 3 heteroatoms. The SMILES string of the molecule is O=C1c2ccc(F)c1c2F. The number of carbonyl (C=O) groups excluding carboxylic acids is 1. The molecule has 3 rings (SSSR count). The van der Waals surface area contributed by atoms with Crippen LogP contribution >= 0.6 is 0 Å². The molecule has 0 amide bonds. The van der Waals surface area contributed by atoms with Gasteiger partial charge in [-0.1, -0.05) is 0 Å². The van der Waals surface area contributed by atoms with Gasteiger partial charge in [-0.15, -0.1) is 0 Å². The van der Waals surface area contributed by atoms with Crippen LogP contribution in [0.2, 0.25) is 0 Å². The van der Waals surface area contributed by atoms with Gasteiger partial charge in [0.15, 0.2) is 0 Å². The molecule has 0 saturated carbocycles. The highest BCUT2D eigenvalue weighted by atomic mass is 19.1. The van der Waals surface area contributed by atoms with E-state index in [1.165, 1.54) is 0 Å². The van der Waals surface area contributed by atoms with E-state index in [9.17, 15) is 13.6 Å². The summed E-state index contributed by atoms with van der Waals surface area (Å²) < 4.78 is 24.9. The first kappa shape index (κ1) is 5.53. The van der Waals surface area contributed by atoms with Gasteiger partial charge in [0.25, 0.3) is 0 Å². The Morgan fingerprint density at radius 3 is 2.20 bits per heavy atom. The van der Waals surface area contributed by atoms with E-state index < -0.39 is 23.0 Å². The molecule has 2 aliphatic rings. The van der Waals surface area contributed by atoms with Gasteiger partial charge in [-0.3, -0.25) is 4.79 Å². The Labute approximate surface area is 55.3 Å². The zero-order valence-electron chi connectivity index (χ0n) is 4.82. The zero-order chi connectivity index (χ0) is 7.30. The zero-order valence-corrected chi connectivity index (χ0v) is 4.82. The summed E-state index contributed by atoms with van der Waals surface area (Å²) in [6.07, 6.45) is 0. The van der Waals surface area contributed by atoms with E-state index in [2.05, 4.69) is 0 Å². The summed E-state index contributed by atoms with van der Waals surface area (Å²) in [5.41, 5.74) is -0.395. The highest BCUT2D eigenvalue weighted by molar-refractivity contribution is 6.16. The maximum Gasteiger partial charge on any atom is 0.201 e. The molecule has 0 fully saturated rings. The average Bonchev–Trinajstić information content (AvgIpc) is 1.88. The third-order valence-electron chi connectivity index (χ3n) is 1.56. The molecular weight excluding hydrogens is 138 g/mol. The van der Waals surface area contributed by atoms with Crippen LogP contribution in [-0.2, 0) is 0 Å². The standard InChI is InChI=1S/C7H2F2O/c8-4-2-1-3-6(9)5(4)7(3)10/h1-2H. The topological polar surface area (TPSA) is 17.1 Å². The first-order valence-electron chi connectivity index (χ1n) is 2.74. The molecule has 0 heterocycles. The minimum Gasteiger partial charge on any atom is -0.288 e. The lowest BCUT2D eigenvalue weighted by atomic mass is 9.90. The van der Waals surface area contributed by atoms with Crippen molar-refractivity contribution in [1.82, 2.24) is 0 Å². The second-order valence-corrected chi connectivity index (χ2v) is 2.11. The van der Waals surface area contributed by atoms with Crippen LogP contribution in [0.1, 0.15) is 15.9 Å². The van der Waals surface area contributed by atoms with Gasteiger partial charge in [0.05, 0.1) is 11.1 Å². The summed E-state index contributed by atoms with van der Waals surface area (Å²) in [6.45, 7) is 0. The molecule has 2 aliphatic carbocycles. The van der Waals surface area contributed by atoms with Crippen molar-refractivity contribution in [3.63, 3.8) is 0 Å². The van der Waals surface area contributed by atoms with E-state index in [0.29, 0.717) is 0 Å². The fourth-order valence-corrected chi connectivity index (χ4v) is 1.01. The lowest BCUT2D eigenvalue weighted by molar-refractivity contribution is 0.0999. The molecular formula is C7H2F2O. The molecule has 10 heavy (non-hydrogen) atoms. The first-order valence-corrected chi connectivity index (χ1v) is 2.74. The van der Waals surface area contributed by atoms with Crippen molar-refractivity contribution < 1.29 is 13.6 Å². The van der Waals surface area contributed by atoms with E-state index in [0.717, 1.165) is 12.1 Å². The number of fused-ring (bicyclic) bond motifs is 2. The largest absolute Gasteiger partial charge is 0.288 e. The monoisotopic (exact) mass is 140 g/mol. The van der Waals surface area contributed by atoms with Crippen LogP contribution in [0.25, 0.3) is 0 Å². The van der Waals surface area contributed by atoms with Crippen molar-refractivity contribution in [1.29, 1.82) is 0 Å². The van der Waals surface area contributed by atoms with Crippen molar-refractivity contribution >= 4 is 5.78 Å². The van der Waals surface area contributed by atoms with E-state index in [1.807, 2.05) is 0 Å². The van der Waals surface area contributed by atoms with E-state index in [-0.39, 0.29) is 5.56 Å². The Hall–Kier alpha value is -1.25. The van der Waals surface area contributed by atoms with Crippen LogP contribution in [0.5, 0.6) is 0 Å². The highest BCUT2D eigenvalue weighted by Gasteiger charge is 2.33. The molecule has 1 aromatic rings. The molecule has 2 bridgehead atoms. The maximum absolute atomic E-state index is 12.4. The predicted molar refractivity (Wildman–Crippen MR) is 29.8 cm³/mol. The van der Waals surface area contributed by atoms with Gasteiger partial charge in [-0.25, -0.2) is 8.78 Å². The number of benzene rings is 1. The maximum atomic E-state index is 12.4. The van der Waals surface area contributed by atoms with E-state index in [1.54, 1.807) is 0 Å². The number of hydrogen-bond donors (Lipinski definition) is 0. The number of rotatable bonds is 0. The van der Waals surface area contributed by atoms with Crippen molar-refractivity contribution in [3.05, 3.63) is 34.9 Å². The predicted octanol–water partition coefficient (Wildman–Crippen LogP) is 1.51. The summed E-state index contributed by atoms with van der Waals surface area (Å²) in [5.74, 6) is -1.99. The van der Waals surface area contributed by atoms with Crippen LogP contribution in [0.4, 0.5) is 8.78 Å². The van der Waals surface area contributed by atoms with E-state index >= 15 is 0 Å². The molecule has 0 unspecified atom stereocenters. The van der Waals surface area contributed by atoms with Crippen LogP contribution in [0, 0.1) is 11.6 Å². The van der Waals surface area contributed by atoms with Gasteiger partial charge < -0.3 is 0 Å². The normalized spacial score (nSPS) is 13.2. The molecule has 50 valence electrons. The highest BCUT2D eigenvalue weighted by Crippen LogP contribution is 2.29. The molecule has 0 atom stereocenters. The van der Waals surface area contributed by atoms with E-state index in [4.69, 9.17) is 0 Å². The molecule has 1 nitrogen and oxygen atoms in total. The van der Waals surface area contributed by atoms with Gasteiger partial charge in [-0.05, 0) is 12.1 Å². The summed E-state index contributed by atoms with van der Waals surface area (Å²) in [4.78, 5) is 10.6. The van der Waals surface area contributed by atoms with Gasteiger partial charge >= 0.3 is 0 Å². The summed E-state index contributed by atoms with van der Waals surface area (Å²) in [5, 5.41) is 0. The molecule has 0 aliphatic heterocycles. The third kappa shape index (κ3) is 0.396. The number of halogens is 2. The average molecular weight is 140 g/mol. The lowest BCUT2D eigenvalue weighted by Crippen LogP contribution is -2.21. The van der Waals surface area contributed by atoms with Crippen molar-refractivity contribution in [2.75, 3.05) is 0 Å². The van der Waals surface area contributed by atoms with Gasteiger partial charge in [-0.2, -0.15) is 0 Å². The van der Waals surface area contributed by atoms with Gasteiger partial charge in [0.2, 0.25) is 5.78 Å². The lowest BCUT2D eigenvalue weighted by Gasteiger charge is -2.15.